The number of para-hydroxylation sites is 8. The number of benzene rings is 19. The first-order chi connectivity index (χ1) is 70.1. The van der Waals surface area contributed by atoms with Crippen molar-refractivity contribution in [3.05, 3.63) is 418 Å². The first-order valence-corrected chi connectivity index (χ1v) is 42.1. The summed E-state index contributed by atoms with van der Waals surface area (Å²) < 4.78 is 230. The monoisotopic (exact) mass is 1610 g/mol. The smallest absolute Gasteiger partial charge is 0.252 e. The number of hydrogen-bond donors (Lipinski definition) is 0. The first-order valence-electron chi connectivity index (χ1n) is 52.1. The van der Waals surface area contributed by atoms with Crippen molar-refractivity contribution >= 4 is 197 Å². The Hall–Kier alpha value is -16.0. The third kappa shape index (κ3) is 9.80. The summed E-state index contributed by atoms with van der Waals surface area (Å²) in [5, 5.41) is 7.91. The van der Waals surface area contributed by atoms with Gasteiger partial charge in [0, 0.05) is 98.5 Å². The van der Waals surface area contributed by atoms with Gasteiger partial charge < -0.3 is 27.4 Å². The third-order valence-corrected chi connectivity index (χ3v) is 26.0. The molecular weight excluding hydrogens is 1510 g/mol. The Bertz CT molecular complexity index is 9860. The molecule has 25 aromatic rings. The van der Waals surface area contributed by atoms with Crippen molar-refractivity contribution < 1.29 is 27.4 Å². The van der Waals surface area contributed by atoms with Crippen LogP contribution in [0.5, 0.6) is 0 Å². The van der Waals surface area contributed by atoms with E-state index in [2.05, 4.69) is 0 Å². The summed E-state index contributed by atoms with van der Waals surface area (Å²) in [5.74, 6) is 0. The lowest BCUT2D eigenvalue weighted by molar-refractivity contribution is 0.589. The lowest BCUT2D eigenvalue weighted by Crippen LogP contribution is -2.60. The van der Waals surface area contributed by atoms with E-state index in [1.165, 1.54) is 9.13 Å². The van der Waals surface area contributed by atoms with Crippen LogP contribution in [-0.4, -0.2) is 34.1 Å². The fourth-order valence-corrected chi connectivity index (χ4v) is 20.8. The Balaban J connectivity index is 0.953. The highest BCUT2D eigenvalue weighted by molar-refractivity contribution is 7.00. The molecule has 2 aliphatic rings. The van der Waals surface area contributed by atoms with Crippen molar-refractivity contribution in [2.24, 2.45) is 0 Å². The zero-order valence-corrected chi connectivity index (χ0v) is 67.5. The minimum Gasteiger partial charge on any atom is -0.309 e. The fourth-order valence-electron chi connectivity index (χ4n) is 20.8. The number of fused-ring (bicyclic) bond motifs is 30. The molecule has 0 radical (unpaired) electrons. The van der Waals surface area contributed by atoms with Crippen LogP contribution in [0.4, 0.5) is 0 Å². The van der Waals surface area contributed by atoms with Gasteiger partial charge in [0.25, 0.3) is 6.71 Å². The summed E-state index contributed by atoms with van der Waals surface area (Å²) in [6, 6.07) is 81.1. The van der Waals surface area contributed by atoms with E-state index in [-0.39, 0.29) is 134 Å². The SMILES string of the molecule is [2H]c1c2c3c(c([2H])c1C(C)(C)C)-n1c4c(-c5ccccc5)cccc4c4ccccc4c4ccccc4c4c(-n5c6c([2H])c([2H])c([2H])c([2H])c6c6c([2H])c(-n7c8ccccc8c8ccccc87)c([2H])c([2H])c65)c([2H])c([2H])c(c41)B3c1c([2H])c([2H])c(-n3c4c([2H])c([2H])c([2H])c([2H])c4c4c([2H])c(-n5c6ccccc6c6ccccc65)c([2H])c([2H])c43)c3c4ccccc4c4ccccc4c4cccc(-c5ccccc5)c4n-2c13. The van der Waals surface area contributed by atoms with E-state index in [4.69, 9.17) is 0 Å². The van der Waals surface area contributed by atoms with Crippen molar-refractivity contribution in [2.75, 3.05) is 0 Å². The minimum atomic E-state index is -1.74. The van der Waals surface area contributed by atoms with Crippen molar-refractivity contribution in [1.29, 1.82) is 0 Å². The van der Waals surface area contributed by atoms with Gasteiger partial charge in [-0.15, -0.1) is 0 Å². The average molecular weight is 1610 g/mol. The van der Waals surface area contributed by atoms with E-state index in [1.807, 2.05) is 321 Å². The summed E-state index contributed by atoms with van der Waals surface area (Å²) in [5.41, 5.74) is 3.17. The maximum Gasteiger partial charge on any atom is 0.252 e. The minimum absolute atomic E-state index is 0.0376. The Morgan fingerprint density at radius 1 is 0.224 bits per heavy atom. The normalized spacial score (nSPS) is 14.8. The Kier molecular flexibility index (Phi) is 11.1. The lowest BCUT2D eigenvalue weighted by Gasteiger charge is -2.38. The molecule has 6 nitrogen and oxygen atoms in total. The van der Waals surface area contributed by atoms with E-state index in [1.54, 1.807) is 9.13 Å². The molecule has 6 aromatic heterocycles. The molecular formula is C118H77BN6. The number of aromatic nitrogens is 6. The highest BCUT2D eigenvalue weighted by Crippen LogP contribution is 2.50. The van der Waals surface area contributed by atoms with E-state index < -0.39 is 121 Å². The molecule has 27 rings (SSSR count). The van der Waals surface area contributed by atoms with Gasteiger partial charge in [-0.2, -0.15) is 0 Å². The summed E-state index contributed by atoms with van der Waals surface area (Å²) in [7, 11) is 0. The summed E-state index contributed by atoms with van der Waals surface area (Å²) in [6.07, 6.45) is 0. The number of nitrogens with zero attached hydrogens (tertiary/aromatic N) is 6. The van der Waals surface area contributed by atoms with Crippen LogP contribution >= 0.6 is 0 Å². The topological polar surface area (TPSA) is 29.6 Å². The molecule has 0 N–H and O–H groups in total. The zero-order chi connectivity index (χ0) is 99.6. The van der Waals surface area contributed by atoms with Crippen LogP contribution in [0, 0.1) is 0 Å². The highest BCUT2D eigenvalue weighted by atomic mass is 15.1. The van der Waals surface area contributed by atoms with E-state index >= 15 is 0 Å². The molecule has 19 aromatic carbocycles. The van der Waals surface area contributed by atoms with Gasteiger partial charge in [-0.1, -0.05) is 336 Å². The summed E-state index contributed by atoms with van der Waals surface area (Å²) in [4.78, 5) is 0. The van der Waals surface area contributed by atoms with Crippen LogP contribution in [0.2, 0.25) is 0 Å². The highest BCUT2D eigenvalue weighted by Gasteiger charge is 2.43. The van der Waals surface area contributed by atoms with Crippen LogP contribution in [0.25, 0.3) is 230 Å². The standard InChI is InChI=1S/C118H77BN6/c1-118(2,3)74-68-109-113-110(69-74)125-115-78(73-34-8-5-9-35-73)51-31-53-94(115)84-41-13-11-37-80(84)82-39-15-17-49-92(82)112-108(123-104-59-29-23-47-90(104)96-71-76(61-65-106(96)123)121-101-56-26-20-44-87(101)88-45-21-27-57-102(88)121)67-63-98(117(112)125)119(113)97-62-66-107(122-103-58-28-22-46-89(103)95-70-75(60-64-105(95)122)120-99-54-24-18-42-85(99)86-43-19-25-55-100(86)120)111-91-48-16-14-38-81(91)79-36-10-12-40-83(79)93-52-30-50-77(72-32-6-4-7-33-72)114(93)124(109)116(97)111/h4-71H,1-3H3/i22D,23D,28D,29D,46D,47D,58D,59D,60D,61D,62D,63D,64D,65D,66D,67D,68D,69D,70D,71D. The fraction of sp³-hybridized carbons (Fsp3) is 0.0339. The number of rotatable bonds is 6. The Morgan fingerprint density at radius 3 is 0.928 bits per heavy atom. The van der Waals surface area contributed by atoms with Gasteiger partial charge >= 0.3 is 0 Å². The molecule has 2 aliphatic heterocycles. The van der Waals surface area contributed by atoms with Gasteiger partial charge in [0.2, 0.25) is 0 Å². The molecule has 0 saturated carbocycles. The molecule has 8 heterocycles. The van der Waals surface area contributed by atoms with Crippen LogP contribution in [0.1, 0.15) is 53.7 Å². The Labute approximate surface area is 748 Å². The molecule has 0 amide bonds. The molecule has 0 fully saturated rings. The zero-order valence-electron chi connectivity index (χ0n) is 87.5. The van der Waals surface area contributed by atoms with Gasteiger partial charge in [-0.05, 0) is 178 Å². The van der Waals surface area contributed by atoms with E-state index in [0.29, 0.717) is 109 Å². The van der Waals surface area contributed by atoms with Crippen LogP contribution in [-0.2, 0) is 5.41 Å². The molecule has 0 saturated heterocycles. The number of hydrogen-bond acceptors (Lipinski definition) is 0. The molecule has 7 heteroatoms. The predicted octanol–water partition coefficient (Wildman–Crippen LogP) is 28.9. The Morgan fingerprint density at radius 2 is 0.544 bits per heavy atom. The van der Waals surface area contributed by atoms with Gasteiger partial charge in [-0.25, -0.2) is 0 Å². The molecule has 0 unspecified atom stereocenters. The van der Waals surface area contributed by atoms with Gasteiger partial charge in [-0.3, -0.25) is 0 Å². The van der Waals surface area contributed by atoms with Gasteiger partial charge in [0.1, 0.15) is 0 Å². The molecule has 582 valence electrons. The lowest BCUT2D eigenvalue weighted by atomic mass is 9.34. The van der Waals surface area contributed by atoms with Crippen LogP contribution < -0.4 is 16.4 Å². The van der Waals surface area contributed by atoms with Crippen molar-refractivity contribution in [1.82, 2.24) is 27.4 Å². The second kappa shape index (κ2) is 26.3. The second-order valence-electron chi connectivity index (χ2n) is 33.6. The molecule has 0 bridgehead atoms. The second-order valence-corrected chi connectivity index (χ2v) is 33.6. The third-order valence-electron chi connectivity index (χ3n) is 26.0. The molecule has 0 atom stereocenters. The van der Waals surface area contributed by atoms with Crippen molar-refractivity contribution in [3.8, 4) is 56.4 Å². The molecule has 0 spiro atoms. The summed E-state index contributed by atoms with van der Waals surface area (Å²) >= 11 is 0. The van der Waals surface area contributed by atoms with Crippen LogP contribution in [0.3, 0.4) is 0 Å². The van der Waals surface area contributed by atoms with Crippen molar-refractivity contribution in [2.45, 2.75) is 26.2 Å². The summed E-state index contributed by atoms with van der Waals surface area (Å²) in [6.45, 7) is 4.07. The predicted molar refractivity (Wildman–Crippen MR) is 532 cm³/mol. The largest absolute Gasteiger partial charge is 0.309 e. The first kappa shape index (κ1) is 53.0. The maximum absolute atomic E-state index is 12.2. The van der Waals surface area contributed by atoms with Crippen molar-refractivity contribution in [3.63, 3.8) is 0 Å². The van der Waals surface area contributed by atoms with E-state index in [9.17, 15) is 27.4 Å². The van der Waals surface area contributed by atoms with Gasteiger partial charge in [0.05, 0.1) is 105 Å². The van der Waals surface area contributed by atoms with Crippen LogP contribution in [0.15, 0.2) is 412 Å². The van der Waals surface area contributed by atoms with Gasteiger partial charge in [0.15, 0.2) is 0 Å². The maximum atomic E-state index is 12.2. The quantitative estimate of drug-likeness (QED) is 0.149. The molecule has 0 aliphatic carbocycles. The van der Waals surface area contributed by atoms with E-state index in [0.717, 1.165) is 21.5 Å². The average Bonchev–Trinajstić information content (AvgIpc) is 1.61. The molecule has 125 heavy (non-hydrogen) atoms.